The molecular weight excluding hydrogens is 565 g/mol. The number of carbonyl (C=O) groups excluding carboxylic acids is 2. The molecule has 7 nitrogen and oxygen atoms in total. The molecule has 220 valence electrons. The standard InChI is InChI=1S/C31H37ClFN3O4S/c1-6-23(5)34-31(38)29(7-2)35(19-24-11-13-25(33)14-12-24)30(37)20-36(26-15-10-22(4)28(32)18-26)41(39,40)27-16-8-21(3)9-17-27/h8-18,23,29H,6-7,19-20H2,1-5H3,(H,34,38)/t23-,29+/m0/s1. The fourth-order valence-corrected chi connectivity index (χ4v) is 5.83. The van der Waals surface area contributed by atoms with Crippen LogP contribution in [0.25, 0.3) is 0 Å². The Kier molecular flexibility index (Phi) is 10.9. The van der Waals surface area contributed by atoms with Crippen molar-refractivity contribution in [2.75, 3.05) is 10.8 Å². The van der Waals surface area contributed by atoms with E-state index in [-0.39, 0.29) is 35.5 Å². The number of nitrogens with zero attached hydrogens (tertiary/aromatic N) is 2. The van der Waals surface area contributed by atoms with Gasteiger partial charge in [0.15, 0.2) is 0 Å². The Morgan fingerprint density at radius 2 is 1.59 bits per heavy atom. The van der Waals surface area contributed by atoms with Crippen LogP contribution in [0.5, 0.6) is 0 Å². The second-order valence-corrected chi connectivity index (χ2v) is 12.4. The van der Waals surface area contributed by atoms with Gasteiger partial charge in [-0.05, 0) is 81.1 Å². The van der Waals surface area contributed by atoms with Crippen LogP contribution < -0.4 is 9.62 Å². The normalized spacial score (nSPS) is 12.9. The molecule has 0 aliphatic heterocycles. The largest absolute Gasteiger partial charge is 0.352 e. The third-order valence-corrected chi connectivity index (χ3v) is 9.18. The van der Waals surface area contributed by atoms with Gasteiger partial charge >= 0.3 is 0 Å². The van der Waals surface area contributed by atoms with Gasteiger partial charge in [0.1, 0.15) is 18.4 Å². The van der Waals surface area contributed by atoms with E-state index in [1.165, 1.54) is 47.4 Å². The van der Waals surface area contributed by atoms with E-state index in [2.05, 4.69) is 5.32 Å². The van der Waals surface area contributed by atoms with Crippen LogP contribution in [0.3, 0.4) is 0 Å². The maximum Gasteiger partial charge on any atom is 0.264 e. The van der Waals surface area contributed by atoms with Gasteiger partial charge in [0.05, 0.1) is 10.6 Å². The lowest BCUT2D eigenvalue weighted by Gasteiger charge is -2.33. The fourth-order valence-electron chi connectivity index (χ4n) is 4.25. The lowest BCUT2D eigenvalue weighted by atomic mass is 10.1. The molecule has 0 saturated heterocycles. The molecule has 0 bridgehead atoms. The van der Waals surface area contributed by atoms with Crippen molar-refractivity contribution in [1.29, 1.82) is 0 Å². The van der Waals surface area contributed by atoms with Crippen LogP contribution >= 0.6 is 11.6 Å². The molecule has 0 heterocycles. The number of nitrogens with one attached hydrogen (secondary N) is 1. The minimum absolute atomic E-state index is 0.0132. The molecule has 0 fully saturated rings. The van der Waals surface area contributed by atoms with Crippen LogP contribution in [0.2, 0.25) is 5.02 Å². The van der Waals surface area contributed by atoms with Crippen LogP contribution in [0, 0.1) is 19.7 Å². The summed E-state index contributed by atoms with van der Waals surface area (Å²) >= 11 is 6.37. The van der Waals surface area contributed by atoms with Crippen LogP contribution in [0.4, 0.5) is 10.1 Å². The van der Waals surface area contributed by atoms with Crippen molar-refractivity contribution in [1.82, 2.24) is 10.2 Å². The summed E-state index contributed by atoms with van der Waals surface area (Å²) < 4.78 is 42.5. The molecule has 10 heteroatoms. The van der Waals surface area contributed by atoms with Gasteiger partial charge in [-0.3, -0.25) is 13.9 Å². The number of amides is 2. The second-order valence-electron chi connectivity index (χ2n) is 10.1. The van der Waals surface area contributed by atoms with Gasteiger partial charge in [-0.25, -0.2) is 12.8 Å². The Morgan fingerprint density at radius 1 is 0.951 bits per heavy atom. The van der Waals surface area contributed by atoms with Crippen molar-refractivity contribution in [2.45, 2.75) is 71.0 Å². The van der Waals surface area contributed by atoms with Gasteiger partial charge in [0.2, 0.25) is 11.8 Å². The van der Waals surface area contributed by atoms with Gasteiger partial charge in [-0.1, -0.05) is 61.3 Å². The molecule has 0 aromatic heterocycles. The topological polar surface area (TPSA) is 86.8 Å². The Balaban J connectivity index is 2.08. The number of aryl methyl sites for hydroxylation is 2. The molecule has 0 aliphatic carbocycles. The van der Waals surface area contributed by atoms with Crippen molar-refractivity contribution in [3.05, 3.63) is 94.3 Å². The molecule has 2 atom stereocenters. The maximum atomic E-state index is 14.1. The Labute approximate surface area is 247 Å². The third-order valence-electron chi connectivity index (χ3n) is 6.98. The van der Waals surface area contributed by atoms with E-state index in [4.69, 9.17) is 11.6 Å². The highest BCUT2D eigenvalue weighted by Crippen LogP contribution is 2.29. The average Bonchev–Trinajstić information content (AvgIpc) is 2.94. The lowest BCUT2D eigenvalue weighted by molar-refractivity contribution is -0.140. The van der Waals surface area contributed by atoms with E-state index in [1.807, 2.05) is 20.8 Å². The van der Waals surface area contributed by atoms with Gasteiger partial charge in [-0.15, -0.1) is 0 Å². The van der Waals surface area contributed by atoms with Crippen molar-refractivity contribution >= 4 is 39.1 Å². The predicted molar refractivity (Wildman–Crippen MR) is 161 cm³/mol. The summed E-state index contributed by atoms with van der Waals surface area (Å²) in [5, 5.41) is 3.28. The summed E-state index contributed by atoms with van der Waals surface area (Å²) in [6, 6.07) is 15.8. The van der Waals surface area contributed by atoms with Crippen LogP contribution in [0.1, 0.15) is 50.3 Å². The molecular formula is C31H37ClFN3O4S. The Bertz CT molecular complexity index is 1460. The van der Waals surface area contributed by atoms with E-state index < -0.39 is 34.3 Å². The van der Waals surface area contributed by atoms with Gasteiger partial charge in [0, 0.05) is 17.6 Å². The summed E-state index contributed by atoms with van der Waals surface area (Å²) in [6.07, 6.45) is 0.987. The second kappa shape index (κ2) is 14.0. The van der Waals surface area contributed by atoms with E-state index in [0.717, 1.165) is 15.4 Å². The summed E-state index contributed by atoms with van der Waals surface area (Å²) in [7, 11) is -4.21. The minimum atomic E-state index is -4.21. The number of hydrogen-bond donors (Lipinski definition) is 1. The fraction of sp³-hybridized carbons (Fsp3) is 0.355. The molecule has 3 aromatic carbocycles. The zero-order chi connectivity index (χ0) is 30.3. The summed E-state index contributed by atoms with van der Waals surface area (Å²) in [4.78, 5) is 28.8. The van der Waals surface area contributed by atoms with E-state index in [9.17, 15) is 22.4 Å². The number of carbonyl (C=O) groups is 2. The zero-order valence-corrected chi connectivity index (χ0v) is 25.6. The summed E-state index contributed by atoms with van der Waals surface area (Å²) in [5.74, 6) is -1.36. The highest BCUT2D eigenvalue weighted by Gasteiger charge is 2.34. The first-order valence-corrected chi connectivity index (χ1v) is 15.4. The minimum Gasteiger partial charge on any atom is -0.352 e. The molecule has 3 rings (SSSR count). The summed E-state index contributed by atoms with van der Waals surface area (Å²) in [5.41, 5.74) is 2.45. The molecule has 0 radical (unpaired) electrons. The van der Waals surface area contributed by atoms with E-state index in [0.29, 0.717) is 17.0 Å². The molecule has 2 amide bonds. The first kappa shape index (κ1) is 32.1. The number of halogens is 2. The molecule has 1 N–H and O–H groups in total. The average molecular weight is 602 g/mol. The molecule has 3 aromatic rings. The van der Waals surface area contributed by atoms with Gasteiger partial charge in [-0.2, -0.15) is 0 Å². The number of sulfonamides is 1. The van der Waals surface area contributed by atoms with Gasteiger partial charge in [0.25, 0.3) is 10.0 Å². The monoisotopic (exact) mass is 601 g/mol. The molecule has 0 saturated carbocycles. The highest BCUT2D eigenvalue weighted by atomic mass is 35.5. The first-order chi connectivity index (χ1) is 19.4. The highest BCUT2D eigenvalue weighted by molar-refractivity contribution is 7.92. The zero-order valence-electron chi connectivity index (χ0n) is 24.0. The van der Waals surface area contributed by atoms with Crippen LogP contribution in [-0.4, -0.2) is 43.8 Å². The summed E-state index contributed by atoms with van der Waals surface area (Å²) in [6.45, 7) is 8.64. The third kappa shape index (κ3) is 8.07. The SMILES string of the molecule is CC[C@H](C(=O)N[C@@H](C)CC)N(Cc1ccc(F)cc1)C(=O)CN(c1ccc(C)c(Cl)c1)S(=O)(=O)c1ccc(C)cc1. The van der Waals surface area contributed by atoms with Crippen molar-refractivity contribution in [2.24, 2.45) is 0 Å². The predicted octanol–water partition coefficient (Wildman–Crippen LogP) is 6.01. The number of anilines is 1. The number of rotatable bonds is 12. The van der Waals surface area contributed by atoms with Crippen molar-refractivity contribution in [3.8, 4) is 0 Å². The molecule has 0 unspecified atom stereocenters. The Morgan fingerprint density at radius 3 is 2.15 bits per heavy atom. The molecule has 41 heavy (non-hydrogen) atoms. The maximum absolute atomic E-state index is 14.1. The molecule has 0 spiro atoms. The lowest BCUT2D eigenvalue weighted by Crippen LogP contribution is -2.53. The van der Waals surface area contributed by atoms with E-state index >= 15 is 0 Å². The molecule has 0 aliphatic rings. The van der Waals surface area contributed by atoms with Crippen LogP contribution in [0.15, 0.2) is 71.6 Å². The Hall–Kier alpha value is -3.43. The quantitative estimate of drug-likeness (QED) is 0.275. The van der Waals surface area contributed by atoms with Crippen LogP contribution in [-0.2, 0) is 26.2 Å². The number of hydrogen-bond acceptors (Lipinski definition) is 4. The van der Waals surface area contributed by atoms with Crippen molar-refractivity contribution in [3.63, 3.8) is 0 Å². The van der Waals surface area contributed by atoms with Crippen molar-refractivity contribution < 1.29 is 22.4 Å². The van der Waals surface area contributed by atoms with Gasteiger partial charge < -0.3 is 10.2 Å². The van der Waals surface area contributed by atoms with E-state index in [1.54, 1.807) is 38.1 Å². The first-order valence-electron chi connectivity index (χ1n) is 13.6. The number of benzene rings is 3. The smallest absolute Gasteiger partial charge is 0.264 e.